The molecule has 4 rings (SSSR count). The van der Waals surface area contributed by atoms with E-state index in [4.69, 9.17) is 0 Å². The topological polar surface area (TPSA) is 86.9 Å². The Labute approximate surface area is 170 Å². The van der Waals surface area contributed by atoms with Crippen LogP contribution in [0.15, 0.2) is 42.7 Å². The summed E-state index contributed by atoms with van der Waals surface area (Å²) < 4.78 is 0. The van der Waals surface area contributed by atoms with E-state index in [0.717, 1.165) is 19.3 Å². The average molecular weight is 390 g/mol. The van der Waals surface area contributed by atoms with Crippen LogP contribution in [0.4, 0.5) is 0 Å². The zero-order chi connectivity index (χ0) is 20.2. The summed E-state index contributed by atoms with van der Waals surface area (Å²) in [5.74, 6) is -0.113. The van der Waals surface area contributed by atoms with E-state index in [0.29, 0.717) is 24.9 Å². The van der Waals surface area contributed by atoms with Crippen LogP contribution in [0.3, 0.4) is 0 Å². The first-order chi connectivity index (χ1) is 14.1. The summed E-state index contributed by atoms with van der Waals surface area (Å²) in [4.78, 5) is 31.8. The maximum Gasteiger partial charge on any atom is 0.252 e. The largest absolute Gasteiger partial charge is 0.358 e. The molecule has 2 aromatic heterocycles. The molecule has 2 heterocycles. The van der Waals surface area contributed by atoms with Crippen molar-refractivity contribution in [2.45, 2.75) is 45.1 Å². The van der Waals surface area contributed by atoms with Gasteiger partial charge in [-0.05, 0) is 62.4 Å². The molecule has 29 heavy (non-hydrogen) atoms. The van der Waals surface area contributed by atoms with E-state index >= 15 is 0 Å². The van der Waals surface area contributed by atoms with E-state index in [2.05, 4.69) is 45.7 Å². The number of amides is 2. The van der Waals surface area contributed by atoms with Crippen LogP contribution in [0.5, 0.6) is 0 Å². The third kappa shape index (κ3) is 4.47. The van der Waals surface area contributed by atoms with E-state index < -0.39 is 0 Å². The number of nitrogens with zero attached hydrogens (tertiary/aromatic N) is 1. The van der Waals surface area contributed by atoms with Crippen molar-refractivity contribution < 1.29 is 9.59 Å². The second kappa shape index (κ2) is 8.47. The van der Waals surface area contributed by atoms with Crippen LogP contribution in [0.25, 0.3) is 10.9 Å². The number of fused-ring (bicyclic) bond motifs is 3. The smallest absolute Gasteiger partial charge is 0.252 e. The third-order valence-corrected chi connectivity index (χ3v) is 5.50. The highest BCUT2D eigenvalue weighted by Gasteiger charge is 2.23. The number of rotatable bonds is 6. The molecule has 1 aliphatic rings. The highest BCUT2D eigenvalue weighted by Crippen LogP contribution is 2.29. The minimum Gasteiger partial charge on any atom is -0.358 e. The van der Waals surface area contributed by atoms with Gasteiger partial charge in [-0.25, -0.2) is 0 Å². The van der Waals surface area contributed by atoms with E-state index in [9.17, 15) is 9.59 Å². The molecule has 3 aromatic rings. The number of pyridine rings is 1. The van der Waals surface area contributed by atoms with Crippen LogP contribution in [-0.2, 0) is 17.6 Å². The minimum absolute atomic E-state index is 0.0464. The zero-order valence-electron chi connectivity index (χ0n) is 16.6. The predicted molar refractivity (Wildman–Crippen MR) is 113 cm³/mol. The Morgan fingerprint density at radius 3 is 3.00 bits per heavy atom. The number of H-pyrrole nitrogens is 1. The van der Waals surface area contributed by atoms with Crippen LogP contribution >= 0.6 is 0 Å². The molecule has 1 aromatic carbocycles. The van der Waals surface area contributed by atoms with Gasteiger partial charge < -0.3 is 15.6 Å². The number of aromatic amines is 1. The second-order valence-electron chi connectivity index (χ2n) is 7.74. The van der Waals surface area contributed by atoms with Crippen molar-refractivity contribution in [1.29, 1.82) is 0 Å². The quantitative estimate of drug-likeness (QED) is 0.566. The summed E-state index contributed by atoms with van der Waals surface area (Å²) >= 11 is 0. The molecule has 150 valence electrons. The predicted octanol–water partition coefficient (Wildman–Crippen LogP) is 3.06. The van der Waals surface area contributed by atoms with Crippen molar-refractivity contribution in [2.75, 3.05) is 6.54 Å². The van der Waals surface area contributed by atoms with E-state index in [1.165, 1.54) is 33.9 Å². The van der Waals surface area contributed by atoms with E-state index in [-0.39, 0.29) is 17.9 Å². The van der Waals surface area contributed by atoms with Crippen LogP contribution < -0.4 is 10.6 Å². The van der Waals surface area contributed by atoms with Crippen molar-refractivity contribution >= 4 is 22.7 Å². The molecule has 6 heteroatoms. The van der Waals surface area contributed by atoms with Gasteiger partial charge >= 0.3 is 0 Å². The number of hydrogen-bond donors (Lipinski definition) is 3. The van der Waals surface area contributed by atoms with Gasteiger partial charge in [0.05, 0.1) is 5.56 Å². The molecular weight excluding hydrogens is 364 g/mol. The van der Waals surface area contributed by atoms with Crippen LogP contribution in [0.1, 0.15) is 46.4 Å². The fourth-order valence-corrected chi connectivity index (χ4v) is 4.00. The maximum atomic E-state index is 12.4. The molecule has 3 N–H and O–H groups in total. The minimum atomic E-state index is -0.159. The van der Waals surface area contributed by atoms with E-state index in [1.54, 1.807) is 18.3 Å². The molecule has 0 aliphatic heterocycles. The number of aromatic nitrogens is 2. The van der Waals surface area contributed by atoms with Crippen molar-refractivity contribution in [2.24, 2.45) is 0 Å². The van der Waals surface area contributed by atoms with Gasteiger partial charge in [-0.1, -0.05) is 11.6 Å². The molecule has 2 amide bonds. The Bertz CT molecular complexity index is 1030. The Balaban J connectivity index is 1.25. The molecule has 1 atom stereocenters. The van der Waals surface area contributed by atoms with Crippen LogP contribution in [-0.4, -0.2) is 34.4 Å². The Kier molecular flexibility index (Phi) is 5.60. The number of benzene rings is 1. The second-order valence-corrected chi connectivity index (χ2v) is 7.74. The first-order valence-corrected chi connectivity index (χ1v) is 10.2. The molecular formula is C23H26N4O2. The molecule has 0 bridgehead atoms. The summed E-state index contributed by atoms with van der Waals surface area (Å²) in [6, 6.07) is 10.1. The molecule has 0 saturated heterocycles. The summed E-state index contributed by atoms with van der Waals surface area (Å²) in [5, 5.41) is 7.28. The van der Waals surface area contributed by atoms with Crippen molar-refractivity contribution in [3.8, 4) is 0 Å². The Hall–Kier alpha value is -3.15. The monoisotopic (exact) mass is 390 g/mol. The molecule has 1 aliphatic carbocycles. The van der Waals surface area contributed by atoms with Gasteiger partial charge in [-0.2, -0.15) is 0 Å². The highest BCUT2D eigenvalue weighted by molar-refractivity contribution is 5.93. The van der Waals surface area contributed by atoms with Gasteiger partial charge in [0.2, 0.25) is 5.91 Å². The first kappa shape index (κ1) is 19.2. The molecule has 0 spiro atoms. The summed E-state index contributed by atoms with van der Waals surface area (Å²) in [6.07, 6.45) is 6.95. The number of nitrogens with one attached hydrogen (secondary N) is 3. The van der Waals surface area contributed by atoms with Gasteiger partial charge in [-0.15, -0.1) is 0 Å². The van der Waals surface area contributed by atoms with Gasteiger partial charge in [-0.3, -0.25) is 14.6 Å². The average Bonchev–Trinajstić information content (AvgIpc) is 3.09. The highest BCUT2D eigenvalue weighted by atomic mass is 16.2. The standard InChI is InChI=1S/C23H26N4O2/c1-15-6-8-20-18(12-15)19-13-17(7-9-21(19)27-20)26-22(28)5-3-11-25-23(29)16-4-2-10-24-14-16/h2,4,6,8,10,12,14,17,27H,3,5,7,9,11,13H2,1H3,(H,25,29)(H,26,28). The van der Waals surface area contributed by atoms with E-state index in [1.807, 2.05) is 0 Å². The van der Waals surface area contributed by atoms with Gasteiger partial charge in [0, 0.05) is 48.0 Å². The normalized spacial score (nSPS) is 15.7. The summed E-state index contributed by atoms with van der Waals surface area (Å²) in [5.41, 5.74) is 5.60. The first-order valence-electron chi connectivity index (χ1n) is 10.2. The fourth-order valence-electron chi connectivity index (χ4n) is 4.00. The number of hydrogen-bond acceptors (Lipinski definition) is 3. The number of carbonyl (C=O) groups excluding carboxylic acids is 2. The molecule has 0 fully saturated rings. The van der Waals surface area contributed by atoms with Gasteiger partial charge in [0.1, 0.15) is 0 Å². The van der Waals surface area contributed by atoms with Crippen molar-refractivity contribution in [3.05, 3.63) is 65.1 Å². The SMILES string of the molecule is Cc1ccc2[nH]c3c(c2c1)CC(NC(=O)CCCNC(=O)c1cccnc1)CC3. The zero-order valence-corrected chi connectivity index (χ0v) is 16.6. The lowest BCUT2D eigenvalue weighted by atomic mass is 9.91. The van der Waals surface area contributed by atoms with Crippen molar-refractivity contribution in [3.63, 3.8) is 0 Å². The maximum absolute atomic E-state index is 12.4. The van der Waals surface area contributed by atoms with Gasteiger partial charge in [0.25, 0.3) is 5.91 Å². The Morgan fingerprint density at radius 2 is 2.17 bits per heavy atom. The lowest BCUT2D eigenvalue weighted by molar-refractivity contribution is -0.121. The number of carbonyl (C=O) groups is 2. The molecule has 0 saturated carbocycles. The van der Waals surface area contributed by atoms with Crippen LogP contribution in [0.2, 0.25) is 0 Å². The fraction of sp³-hybridized carbons (Fsp3) is 0.348. The lowest BCUT2D eigenvalue weighted by Gasteiger charge is -2.23. The summed E-state index contributed by atoms with van der Waals surface area (Å²) in [6.45, 7) is 2.58. The molecule has 1 unspecified atom stereocenters. The lowest BCUT2D eigenvalue weighted by Crippen LogP contribution is -2.39. The Morgan fingerprint density at radius 1 is 1.28 bits per heavy atom. The van der Waals surface area contributed by atoms with Crippen LogP contribution in [0, 0.1) is 6.92 Å². The number of aryl methyl sites for hydroxylation is 2. The summed E-state index contributed by atoms with van der Waals surface area (Å²) in [7, 11) is 0. The molecule has 0 radical (unpaired) electrons. The molecule has 6 nitrogen and oxygen atoms in total. The van der Waals surface area contributed by atoms with Crippen molar-refractivity contribution in [1.82, 2.24) is 20.6 Å². The third-order valence-electron chi connectivity index (χ3n) is 5.50. The van der Waals surface area contributed by atoms with Gasteiger partial charge in [0.15, 0.2) is 0 Å².